The predicted molar refractivity (Wildman–Crippen MR) is 165 cm³/mol. The molecule has 40 heavy (non-hydrogen) atoms. The molecule has 1 saturated heterocycles. The minimum Gasteiger partial charge on any atom is -0.398 e. The zero-order valence-electron chi connectivity index (χ0n) is 23.3. The molecule has 3 aromatic heterocycles. The number of aryl methyl sites for hydroxylation is 1. The Morgan fingerprint density at radius 3 is 2.40 bits per heavy atom. The lowest BCUT2D eigenvalue weighted by atomic mass is 9.85. The van der Waals surface area contributed by atoms with E-state index in [2.05, 4.69) is 89.5 Å². The number of aromatic nitrogens is 3. The van der Waals surface area contributed by atoms with Crippen molar-refractivity contribution in [2.75, 3.05) is 31.9 Å². The van der Waals surface area contributed by atoms with Crippen LogP contribution in [0.3, 0.4) is 0 Å². The number of rotatable bonds is 5. The molecule has 0 amide bonds. The summed E-state index contributed by atoms with van der Waals surface area (Å²) < 4.78 is 2.39. The molecule has 2 fully saturated rings. The minimum atomic E-state index is 0.429. The first-order valence-corrected chi connectivity index (χ1v) is 14.3. The van der Waals surface area contributed by atoms with Crippen molar-refractivity contribution in [3.8, 4) is 22.4 Å². The summed E-state index contributed by atoms with van der Waals surface area (Å²) in [5, 5.41) is 2.19. The number of hydrogen-bond acceptors (Lipinski definition) is 5. The van der Waals surface area contributed by atoms with Crippen molar-refractivity contribution in [2.45, 2.75) is 38.8 Å². The summed E-state index contributed by atoms with van der Waals surface area (Å²) in [4.78, 5) is 15.0. The van der Waals surface area contributed by atoms with Crippen LogP contribution in [0.1, 0.15) is 31.4 Å². The Balaban J connectivity index is 1.23. The second kappa shape index (κ2) is 9.79. The molecule has 0 atom stereocenters. The van der Waals surface area contributed by atoms with Crippen molar-refractivity contribution in [2.24, 2.45) is 0 Å². The normalized spacial score (nSPS) is 19.7. The molecule has 2 N–H and O–H groups in total. The van der Waals surface area contributed by atoms with Gasteiger partial charge in [0.1, 0.15) is 5.65 Å². The number of allylic oxidation sites excluding steroid dienone is 1. The fourth-order valence-electron chi connectivity index (χ4n) is 6.63. The van der Waals surface area contributed by atoms with Crippen molar-refractivity contribution in [3.63, 3.8) is 0 Å². The van der Waals surface area contributed by atoms with Gasteiger partial charge in [0, 0.05) is 83.9 Å². The summed E-state index contributed by atoms with van der Waals surface area (Å²) in [5.41, 5.74) is 16.2. The number of piperazine rings is 1. The molecule has 6 nitrogen and oxygen atoms in total. The van der Waals surface area contributed by atoms with E-state index in [1.807, 2.05) is 18.3 Å². The van der Waals surface area contributed by atoms with Crippen LogP contribution in [0.5, 0.6) is 0 Å². The molecule has 1 saturated carbocycles. The summed E-state index contributed by atoms with van der Waals surface area (Å²) in [6.45, 7) is 12.8. The molecule has 0 unspecified atom stereocenters. The molecule has 5 aromatic rings. The summed E-state index contributed by atoms with van der Waals surface area (Å²) in [5.74, 6) is 0. The second-order valence-electron chi connectivity index (χ2n) is 11.5. The van der Waals surface area contributed by atoms with E-state index >= 15 is 0 Å². The van der Waals surface area contributed by atoms with Crippen LogP contribution >= 0.6 is 0 Å². The summed E-state index contributed by atoms with van der Waals surface area (Å²) >= 11 is 0. The van der Waals surface area contributed by atoms with Gasteiger partial charge in [0.2, 0.25) is 0 Å². The maximum Gasteiger partial charge on any atom is 0.142 e. The van der Waals surface area contributed by atoms with E-state index in [-0.39, 0.29) is 0 Å². The summed E-state index contributed by atoms with van der Waals surface area (Å²) in [6.07, 6.45) is 6.42. The molecule has 202 valence electrons. The van der Waals surface area contributed by atoms with Gasteiger partial charge in [-0.1, -0.05) is 55.1 Å². The molecule has 1 aliphatic carbocycles. The number of pyridine rings is 2. The first-order valence-electron chi connectivity index (χ1n) is 14.3. The van der Waals surface area contributed by atoms with E-state index in [0.29, 0.717) is 12.1 Å². The SMILES string of the molecule is C=C(C)N1CCN(C2CC(n3cc(-c4ccc5ccc(-c6ccccc6)nc5c4C)c4c(N)ccnc43)C2)CC1. The quantitative estimate of drug-likeness (QED) is 0.276. The predicted octanol–water partition coefficient (Wildman–Crippen LogP) is 6.66. The highest BCUT2D eigenvalue weighted by Gasteiger charge is 2.37. The van der Waals surface area contributed by atoms with E-state index in [0.717, 1.165) is 83.5 Å². The molecular weight excluding hydrogens is 492 g/mol. The average Bonchev–Trinajstić information content (AvgIpc) is 3.33. The third-order valence-electron chi connectivity index (χ3n) is 9.07. The minimum absolute atomic E-state index is 0.429. The van der Waals surface area contributed by atoms with Gasteiger partial charge in [-0.05, 0) is 49.9 Å². The van der Waals surface area contributed by atoms with E-state index < -0.39 is 0 Å². The zero-order chi connectivity index (χ0) is 27.4. The molecule has 7 rings (SSSR count). The van der Waals surface area contributed by atoms with Gasteiger partial charge in [0.15, 0.2) is 0 Å². The van der Waals surface area contributed by atoms with Crippen LogP contribution < -0.4 is 5.73 Å². The first-order chi connectivity index (χ1) is 19.5. The number of anilines is 1. The van der Waals surface area contributed by atoms with Gasteiger partial charge in [0.25, 0.3) is 0 Å². The highest BCUT2D eigenvalue weighted by Crippen LogP contribution is 2.43. The number of fused-ring (bicyclic) bond motifs is 2. The lowest BCUT2D eigenvalue weighted by Gasteiger charge is -2.47. The van der Waals surface area contributed by atoms with Crippen molar-refractivity contribution in [1.29, 1.82) is 0 Å². The molecule has 0 radical (unpaired) electrons. The standard InChI is InChI=1S/C34H36N6/c1-22(2)38-15-17-39(18-16-38)26-19-27(20-26)40-21-29(32-30(35)13-14-36-34(32)40)28-11-9-25-10-12-31(37-33(25)23(28)3)24-7-5-4-6-8-24/h4-14,21,26-27H,1,15-20H2,2-3H3,(H2,35,36). The molecule has 2 aliphatic rings. The summed E-state index contributed by atoms with van der Waals surface area (Å²) in [6, 6.07) is 22.0. The molecule has 0 bridgehead atoms. The number of benzene rings is 2. The number of hydrogen-bond donors (Lipinski definition) is 1. The molecule has 0 spiro atoms. The van der Waals surface area contributed by atoms with Crippen molar-refractivity contribution in [1.82, 2.24) is 24.3 Å². The van der Waals surface area contributed by atoms with E-state index in [1.54, 1.807) is 0 Å². The Bertz CT molecular complexity index is 1720. The third-order valence-corrected chi connectivity index (χ3v) is 9.07. The lowest BCUT2D eigenvalue weighted by Crippen LogP contribution is -2.53. The first kappa shape index (κ1) is 24.9. The van der Waals surface area contributed by atoms with Gasteiger partial charge in [-0.2, -0.15) is 0 Å². The van der Waals surface area contributed by atoms with Crippen LogP contribution in [0.25, 0.3) is 44.3 Å². The van der Waals surface area contributed by atoms with Crippen molar-refractivity contribution >= 4 is 27.6 Å². The lowest BCUT2D eigenvalue weighted by molar-refractivity contribution is 0.0471. The van der Waals surface area contributed by atoms with Gasteiger partial charge in [-0.15, -0.1) is 0 Å². The van der Waals surface area contributed by atoms with Crippen LogP contribution in [-0.4, -0.2) is 56.6 Å². The van der Waals surface area contributed by atoms with E-state index in [9.17, 15) is 0 Å². The van der Waals surface area contributed by atoms with Gasteiger partial charge in [-0.3, -0.25) is 4.90 Å². The van der Waals surface area contributed by atoms with Crippen molar-refractivity contribution in [3.05, 3.63) is 90.9 Å². The molecule has 1 aliphatic heterocycles. The maximum absolute atomic E-state index is 6.62. The van der Waals surface area contributed by atoms with Gasteiger partial charge >= 0.3 is 0 Å². The topological polar surface area (TPSA) is 63.2 Å². The van der Waals surface area contributed by atoms with Crippen LogP contribution in [-0.2, 0) is 0 Å². The van der Waals surface area contributed by atoms with E-state index in [4.69, 9.17) is 15.7 Å². The fraction of sp³-hybridized carbons (Fsp3) is 0.294. The Hall–Kier alpha value is -4.16. The zero-order valence-corrected chi connectivity index (χ0v) is 23.3. The number of nitrogens with zero attached hydrogens (tertiary/aromatic N) is 5. The largest absolute Gasteiger partial charge is 0.398 e. The number of nitrogen functional groups attached to an aromatic ring is 1. The monoisotopic (exact) mass is 528 g/mol. The van der Waals surface area contributed by atoms with Crippen molar-refractivity contribution < 1.29 is 0 Å². The van der Waals surface area contributed by atoms with E-state index in [1.165, 1.54) is 16.8 Å². The van der Waals surface area contributed by atoms with Crippen LogP contribution in [0.4, 0.5) is 5.69 Å². The highest BCUT2D eigenvalue weighted by atomic mass is 15.3. The van der Waals surface area contributed by atoms with Crippen LogP contribution in [0, 0.1) is 6.92 Å². The molecular formula is C34H36N6. The van der Waals surface area contributed by atoms with Gasteiger partial charge < -0.3 is 15.2 Å². The Labute approximate surface area is 235 Å². The molecule has 2 aromatic carbocycles. The molecule has 4 heterocycles. The highest BCUT2D eigenvalue weighted by molar-refractivity contribution is 6.04. The van der Waals surface area contributed by atoms with Crippen LogP contribution in [0.2, 0.25) is 0 Å². The number of nitrogens with two attached hydrogens (primary N) is 1. The maximum atomic E-state index is 6.62. The fourth-order valence-corrected chi connectivity index (χ4v) is 6.63. The summed E-state index contributed by atoms with van der Waals surface area (Å²) in [7, 11) is 0. The van der Waals surface area contributed by atoms with Gasteiger partial charge in [0.05, 0.1) is 11.2 Å². The smallest absolute Gasteiger partial charge is 0.142 e. The average molecular weight is 529 g/mol. The Morgan fingerprint density at radius 2 is 1.65 bits per heavy atom. The van der Waals surface area contributed by atoms with Crippen LogP contribution in [0.15, 0.2) is 85.3 Å². The Kier molecular flexibility index (Phi) is 6.08. The Morgan fingerprint density at radius 1 is 0.900 bits per heavy atom. The van der Waals surface area contributed by atoms with Gasteiger partial charge in [-0.25, -0.2) is 9.97 Å². The molecule has 6 heteroatoms. The third kappa shape index (κ3) is 4.14. The second-order valence-corrected chi connectivity index (χ2v) is 11.5.